The molecule has 0 unspecified atom stereocenters. The summed E-state index contributed by atoms with van der Waals surface area (Å²) >= 11 is 0. The summed E-state index contributed by atoms with van der Waals surface area (Å²) < 4.78 is 16.3. The molecular weight excluding hydrogens is 298 g/mol. The molecule has 3 rings (SSSR count). The highest BCUT2D eigenvalue weighted by Crippen LogP contribution is 2.38. The number of benzene rings is 1. The number of fused-ring (bicyclic) bond motifs is 1. The Balaban J connectivity index is 1.81. The van der Waals surface area contributed by atoms with Crippen molar-refractivity contribution in [2.24, 2.45) is 0 Å². The lowest BCUT2D eigenvalue weighted by Crippen LogP contribution is -2.26. The Morgan fingerprint density at radius 3 is 2.74 bits per heavy atom. The summed E-state index contributed by atoms with van der Waals surface area (Å²) in [6.07, 6.45) is 1.68. The molecule has 0 amide bonds. The fraction of sp³-hybridized carbons (Fsp3) is 0.438. The molecule has 0 bridgehead atoms. The highest BCUT2D eigenvalue weighted by Gasteiger charge is 2.20. The van der Waals surface area contributed by atoms with E-state index < -0.39 is 0 Å². The maximum absolute atomic E-state index is 9.35. The average Bonchev–Trinajstić information content (AvgIpc) is 3.15. The monoisotopic (exact) mass is 319 g/mol. The van der Waals surface area contributed by atoms with Gasteiger partial charge in [0.2, 0.25) is 6.79 Å². The third kappa shape index (κ3) is 3.40. The summed E-state index contributed by atoms with van der Waals surface area (Å²) in [5.41, 5.74) is 2.99. The molecule has 1 aromatic heterocycles. The van der Waals surface area contributed by atoms with Crippen LogP contribution in [0.1, 0.15) is 17.0 Å². The molecule has 0 atom stereocenters. The van der Waals surface area contributed by atoms with Gasteiger partial charge in [-0.05, 0) is 13.0 Å². The number of hydrogen-bond donors (Lipinski definition) is 2. The summed E-state index contributed by atoms with van der Waals surface area (Å²) in [5.74, 6) is 2.17. The molecule has 2 N–H and O–H groups in total. The summed E-state index contributed by atoms with van der Waals surface area (Å²) in [4.78, 5) is 9.51. The van der Waals surface area contributed by atoms with Gasteiger partial charge in [-0.25, -0.2) is 4.98 Å². The topological polar surface area (TPSA) is 79.8 Å². The number of H-pyrrole nitrogens is 1. The first-order valence-electron chi connectivity index (χ1n) is 7.50. The van der Waals surface area contributed by atoms with Crippen molar-refractivity contribution >= 4 is 0 Å². The largest absolute Gasteiger partial charge is 0.496 e. The van der Waals surface area contributed by atoms with Crippen LogP contribution in [0.15, 0.2) is 18.5 Å². The number of rotatable bonds is 7. The standard InChI is InChI=1S/C16H21N3O4/c1-11-13(18-9-17-11)8-19(3-4-20)7-12-5-15-16(23-10-22-15)6-14(12)21-2/h5-6,9,20H,3-4,7-8,10H2,1-2H3,(H,17,18). The number of ether oxygens (including phenoxy) is 3. The van der Waals surface area contributed by atoms with E-state index >= 15 is 0 Å². The molecule has 1 aromatic carbocycles. The third-order valence-electron chi connectivity index (χ3n) is 3.89. The van der Waals surface area contributed by atoms with E-state index in [0.717, 1.165) is 28.5 Å². The van der Waals surface area contributed by atoms with Crippen molar-refractivity contribution in [1.29, 1.82) is 0 Å². The van der Waals surface area contributed by atoms with Crippen molar-refractivity contribution in [2.45, 2.75) is 20.0 Å². The fourth-order valence-corrected chi connectivity index (χ4v) is 2.63. The quantitative estimate of drug-likeness (QED) is 0.804. The molecule has 0 saturated carbocycles. The van der Waals surface area contributed by atoms with Gasteiger partial charge in [0.25, 0.3) is 0 Å². The Bertz CT molecular complexity index is 671. The molecule has 0 fully saturated rings. The molecular formula is C16H21N3O4. The maximum Gasteiger partial charge on any atom is 0.231 e. The second-order valence-corrected chi connectivity index (χ2v) is 5.43. The number of imidazole rings is 1. The Morgan fingerprint density at radius 2 is 2.09 bits per heavy atom. The van der Waals surface area contributed by atoms with Crippen LogP contribution in [0.25, 0.3) is 0 Å². The van der Waals surface area contributed by atoms with Crippen LogP contribution in [0, 0.1) is 6.92 Å². The fourth-order valence-electron chi connectivity index (χ4n) is 2.63. The maximum atomic E-state index is 9.35. The van der Waals surface area contributed by atoms with Crippen molar-refractivity contribution in [3.63, 3.8) is 0 Å². The smallest absolute Gasteiger partial charge is 0.231 e. The molecule has 124 valence electrons. The van der Waals surface area contributed by atoms with Gasteiger partial charge >= 0.3 is 0 Å². The average molecular weight is 319 g/mol. The number of aromatic nitrogens is 2. The molecule has 7 heteroatoms. The number of methoxy groups -OCH3 is 1. The van der Waals surface area contributed by atoms with Crippen LogP contribution < -0.4 is 14.2 Å². The number of hydrogen-bond acceptors (Lipinski definition) is 6. The first-order valence-corrected chi connectivity index (χ1v) is 7.50. The molecule has 0 saturated heterocycles. The van der Waals surface area contributed by atoms with Crippen LogP contribution in [-0.2, 0) is 13.1 Å². The number of nitrogens with zero attached hydrogens (tertiary/aromatic N) is 2. The second kappa shape index (κ2) is 6.89. The summed E-state index contributed by atoms with van der Waals surface area (Å²) in [7, 11) is 1.63. The van der Waals surface area contributed by atoms with Crippen molar-refractivity contribution in [3.05, 3.63) is 35.4 Å². The Kier molecular flexibility index (Phi) is 4.68. The van der Waals surface area contributed by atoms with Gasteiger partial charge in [0.05, 0.1) is 25.7 Å². The minimum Gasteiger partial charge on any atom is -0.496 e. The van der Waals surface area contributed by atoms with Crippen LogP contribution in [0.4, 0.5) is 0 Å². The Hall–Kier alpha value is -2.25. The molecule has 0 radical (unpaired) electrons. The predicted octanol–water partition coefficient (Wildman–Crippen LogP) is 1.45. The van der Waals surface area contributed by atoms with Crippen LogP contribution in [0.5, 0.6) is 17.2 Å². The van der Waals surface area contributed by atoms with Gasteiger partial charge in [0, 0.05) is 37.0 Å². The van der Waals surface area contributed by atoms with Gasteiger partial charge < -0.3 is 24.3 Å². The molecule has 0 aliphatic carbocycles. The van der Waals surface area contributed by atoms with Crippen molar-refractivity contribution in [2.75, 3.05) is 27.1 Å². The number of aliphatic hydroxyl groups excluding tert-OH is 1. The first-order chi connectivity index (χ1) is 11.2. The highest BCUT2D eigenvalue weighted by molar-refractivity contribution is 5.51. The number of aromatic amines is 1. The van der Waals surface area contributed by atoms with Crippen molar-refractivity contribution in [3.8, 4) is 17.2 Å². The van der Waals surface area contributed by atoms with E-state index in [1.54, 1.807) is 13.4 Å². The summed E-state index contributed by atoms with van der Waals surface area (Å²) in [6.45, 7) is 4.11. The van der Waals surface area contributed by atoms with E-state index in [4.69, 9.17) is 14.2 Å². The zero-order valence-corrected chi connectivity index (χ0v) is 13.3. The van der Waals surface area contributed by atoms with Gasteiger partial charge in [-0.2, -0.15) is 0 Å². The van der Waals surface area contributed by atoms with Crippen LogP contribution in [0.2, 0.25) is 0 Å². The number of nitrogens with one attached hydrogen (secondary N) is 1. The predicted molar refractivity (Wildman–Crippen MR) is 83.6 cm³/mol. The molecule has 2 aromatic rings. The van der Waals surface area contributed by atoms with E-state index in [0.29, 0.717) is 25.4 Å². The van der Waals surface area contributed by atoms with Crippen LogP contribution >= 0.6 is 0 Å². The number of aliphatic hydroxyl groups is 1. The zero-order chi connectivity index (χ0) is 16.2. The Morgan fingerprint density at radius 1 is 1.30 bits per heavy atom. The van der Waals surface area contributed by atoms with E-state index in [9.17, 15) is 5.11 Å². The van der Waals surface area contributed by atoms with Gasteiger partial charge in [-0.3, -0.25) is 4.90 Å². The normalized spacial score (nSPS) is 12.9. The van der Waals surface area contributed by atoms with Gasteiger partial charge in [0.1, 0.15) is 5.75 Å². The third-order valence-corrected chi connectivity index (χ3v) is 3.89. The molecule has 1 aliphatic rings. The second-order valence-electron chi connectivity index (χ2n) is 5.43. The molecule has 0 spiro atoms. The highest BCUT2D eigenvalue weighted by atomic mass is 16.7. The lowest BCUT2D eigenvalue weighted by atomic mass is 10.1. The van der Waals surface area contributed by atoms with E-state index in [2.05, 4.69) is 14.9 Å². The molecule has 2 heterocycles. The number of aryl methyl sites for hydroxylation is 1. The van der Waals surface area contributed by atoms with E-state index in [1.807, 2.05) is 19.1 Å². The van der Waals surface area contributed by atoms with E-state index in [1.165, 1.54) is 0 Å². The SMILES string of the molecule is COc1cc2c(cc1CN(CCO)Cc1nc[nH]c1C)OCO2. The van der Waals surface area contributed by atoms with Gasteiger partial charge in [0.15, 0.2) is 11.5 Å². The molecule has 23 heavy (non-hydrogen) atoms. The molecule has 1 aliphatic heterocycles. The van der Waals surface area contributed by atoms with Crippen LogP contribution in [-0.4, -0.2) is 47.0 Å². The van der Waals surface area contributed by atoms with Crippen molar-refractivity contribution < 1.29 is 19.3 Å². The Labute approximate surface area is 134 Å². The minimum absolute atomic E-state index is 0.0797. The lowest BCUT2D eigenvalue weighted by Gasteiger charge is -2.22. The zero-order valence-electron chi connectivity index (χ0n) is 13.3. The minimum atomic E-state index is 0.0797. The summed E-state index contributed by atoms with van der Waals surface area (Å²) in [5, 5.41) is 9.35. The van der Waals surface area contributed by atoms with E-state index in [-0.39, 0.29) is 13.4 Å². The van der Waals surface area contributed by atoms with Gasteiger partial charge in [-0.15, -0.1) is 0 Å². The first kappa shape index (κ1) is 15.6. The summed E-state index contributed by atoms with van der Waals surface area (Å²) in [6, 6.07) is 3.78. The van der Waals surface area contributed by atoms with Crippen LogP contribution in [0.3, 0.4) is 0 Å². The van der Waals surface area contributed by atoms with Crippen molar-refractivity contribution in [1.82, 2.24) is 14.9 Å². The van der Waals surface area contributed by atoms with Gasteiger partial charge in [-0.1, -0.05) is 0 Å². The molecule has 7 nitrogen and oxygen atoms in total. The lowest BCUT2D eigenvalue weighted by molar-refractivity contribution is 0.173.